The summed E-state index contributed by atoms with van der Waals surface area (Å²) in [6, 6.07) is 14.9. The maximum Gasteiger partial charge on any atom is 0.251 e. The Labute approximate surface area is 198 Å². The van der Waals surface area contributed by atoms with Crippen LogP contribution in [0.15, 0.2) is 66.3 Å². The van der Waals surface area contributed by atoms with Crippen LogP contribution in [-0.4, -0.2) is 32.3 Å². The number of hydrogen-bond donors (Lipinski definition) is 2. The Kier molecular flexibility index (Phi) is 8.24. The number of amides is 2. The van der Waals surface area contributed by atoms with E-state index in [2.05, 4.69) is 50.0 Å². The van der Waals surface area contributed by atoms with Gasteiger partial charge in [-0.1, -0.05) is 35.5 Å². The maximum absolute atomic E-state index is 12.4. The molecule has 7 nitrogen and oxygen atoms in total. The molecule has 1 aromatic heterocycles. The third kappa shape index (κ3) is 6.66. The second-order valence-electron chi connectivity index (χ2n) is 6.69. The van der Waals surface area contributed by atoms with Crippen LogP contribution in [0.5, 0.6) is 0 Å². The highest BCUT2D eigenvalue weighted by molar-refractivity contribution is 14.1. The Morgan fingerprint density at radius 2 is 1.84 bits per heavy atom. The number of rotatable bonds is 9. The van der Waals surface area contributed by atoms with Crippen LogP contribution in [0.25, 0.3) is 0 Å². The number of nitrogens with zero attached hydrogens (tertiary/aromatic N) is 3. The largest absolute Gasteiger partial charge is 0.345 e. The fourth-order valence-corrected chi connectivity index (χ4v) is 3.82. The second kappa shape index (κ2) is 11.1. The van der Waals surface area contributed by atoms with Crippen LogP contribution in [-0.2, 0) is 17.9 Å². The van der Waals surface area contributed by atoms with Gasteiger partial charge in [0.25, 0.3) is 5.91 Å². The van der Waals surface area contributed by atoms with E-state index in [0.717, 1.165) is 14.8 Å². The highest BCUT2D eigenvalue weighted by atomic mass is 127. The van der Waals surface area contributed by atoms with Crippen molar-refractivity contribution in [2.24, 2.45) is 0 Å². The number of hydrogen-bond acceptors (Lipinski definition) is 5. The highest BCUT2D eigenvalue weighted by Gasteiger charge is 2.15. The quantitative estimate of drug-likeness (QED) is 0.240. The summed E-state index contributed by atoms with van der Waals surface area (Å²) in [5, 5.41) is 14.7. The number of thioether (sulfide) groups is 1. The van der Waals surface area contributed by atoms with Gasteiger partial charge in [0.1, 0.15) is 0 Å². The molecular weight excluding hydrogens is 525 g/mol. The van der Waals surface area contributed by atoms with Crippen LogP contribution < -0.4 is 10.6 Å². The molecule has 2 N–H and O–H groups in total. The summed E-state index contributed by atoms with van der Waals surface area (Å²) in [5.41, 5.74) is 2.43. The van der Waals surface area contributed by atoms with E-state index in [1.807, 2.05) is 47.9 Å². The van der Waals surface area contributed by atoms with Gasteiger partial charge in [-0.3, -0.25) is 9.59 Å². The third-order valence-corrected chi connectivity index (χ3v) is 5.97. The lowest BCUT2D eigenvalue weighted by molar-refractivity contribution is -0.113. The molecule has 2 aromatic carbocycles. The minimum atomic E-state index is -0.181. The zero-order chi connectivity index (χ0) is 22.2. The molecule has 0 unspecified atom stereocenters. The number of benzene rings is 2. The Morgan fingerprint density at radius 3 is 2.52 bits per heavy atom. The first-order valence-electron chi connectivity index (χ1n) is 9.52. The predicted molar refractivity (Wildman–Crippen MR) is 131 cm³/mol. The third-order valence-electron chi connectivity index (χ3n) is 4.29. The lowest BCUT2D eigenvalue weighted by Gasteiger charge is -2.09. The van der Waals surface area contributed by atoms with E-state index in [0.29, 0.717) is 23.1 Å². The van der Waals surface area contributed by atoms with E-state index in [-0.39, 0.29) is 24.1 Å². The number of aromatic nitrogens is 3. The van der Waals surface area contributed by atoms with E-state index in [1.54, 1.807) is 18.2 Å². The van der Waals surface area contributed by atoms with Crippen LogP contribution in [0.1, 0.15) is 21.7 Å². The topological polar surface area (TPSA) is 88.9 Å². The Hall–Kier alpha value is -2.66. The van der Waals surface area contributed by atoms with Gasteiger partial charge in [-0.2, -0.15) is 0 Å². The fraction of sp³-hybridized carbons (Fsp3) is 0.182. The minimum absolute atomic E-state index is 0.131. The molecule has 160 valence electrons. The first-order valence-corrected chi connectivity index (χ1v) is 11.6. The first kappa shape index (κ1) is 23.0. The van der Waals surface area contributed by atoms with Crippen LogP contribution in [0.2, 0.25) is 0 Å². The van der Waals surface area contributed by atoms with Crippen molar-refractivity contribution in [3.63, 3.8) is 0 Å². The number of halogens is 1. The summed E-state index contributed by atoms with van der Waals surface area (Å²) in [6.07, 6.45) is 1.73. The number of carbonyl (C=O) groups excluding carboxylic acids is 2. The predicted octanol–water partition coefficient (Wildman–Crippen LogP) is 4.04. The van der Waals surface area contributed by atoms with Gasteiger partial charge in [0, 0.05) is 21.4 Å². The SMILES string of the molecule is C=CCn1c(CNC(=O)c2ccc(C)cc2)nnc1SCC(=O)Nc1ccc(I)cc1. The summed E-state index contributed by atoms with van der Waals surface area (Å²) in [6.45, 7) is 6.45. The molecule has 0 aliphatic rings. The molecule has 0 aliphatic carbocycles. The van der Waals surface area contributed by atoms with Crippen LogP contribution in [0, 0.1) is 10.5 Å². The second-order valence-corrected chi connectivity index (χ2v) is 8.88. The average Bonchev–Trinajstić information content (AvgIpc) is 3.14. The molecule has 1 heterocycles. The summed E-state index contributed by atoms with van der Waals surface area (Å²) >= 11 is 3.50. The molecule has 3 aromatic rings. The zero-order valence-electron chi connectivity index (χ0n) is 17.0. The van der Waals surface area contributed by atoms with Crippen molar-refractivity contribution < 1.29 is 9.59 Å². The lowest BCUT2D eigenvalue weighted by atomic mass is 10.1. The zero-order valence-corrected chi connectivity index (χ0v) is 19.9. The lowest BCUT2D eigenvalue weighted by Crippen LogP contribution is -2.24. The molecule has 0 radical (unpaired) electrons. The molecule has 0 bridgehead atoms. The molecule has 0 saturated heterocycles. The van der Waals surface area contributed by atoms with Gasteiger partial charge in [-0.05, 0) is 65.9 Å². The van der Waals surface area contributed by atoms with E-state index in [9.17, 15) is 9.59 Å². The first-order chi connectivity index (χ1) is 15.0. The van der Waals surface area contributed by atoms with Crippen molar-refractivity contribution in [1.82, 2.24) is 20.1 Å². The smallest absolute Gasteiger partial charge is 0.251 e. The van der Waals surface area contributed by atoms with Gasteiger partial charge in [0.15, 0.2) is 11.0 Å². The Bertz CT molecular complexity index is 1060. The Morgan fingerprint density at radius 1 is 1.13 bits per heavy atom. The molecule has 3 rings (SSSR count). The molecule has 0 fully saturated rings. The average molecular weight is 547 g/mol. The molecule has 0 spiro atoms. The monoisotopic (exact) mass is 547 g/mol. The fourth-order valence-electron chi connectivity index (χ4n) is 2.70. The summed E-state index contributed by atoms with van der Waals surface area (Å²) in [4.78, 5) is 24.6. The molecular formula is C22H22IN5O2S. The van der Waals surface area contributed by atoms with Crippen molar-refractivity contribution in [2.75, 3.05) is 11.1 Å². The van der Waals surface area contributed by atoms with Crippen LogP contribution >= 0.6 is 34.4 Å². The minimum Gasteiger partial charge on any atom is -0.345 e. The highest BCUT2D eigenvalue weighted by Crippen LogP contribution is 2.18. The number of nitrogens with one attached hydrogen (secondary N) is 2. The molecule has 0 atom stereocenters. The van der Waals surface area contributed by atoms with Gasteiger partial charge in [0.2, 0.25) is 5.91 Å². The van der Waals surface area contributed by atoms with Gasteiger partial charge in [-0.15, -0.1) is 16.8 Å². The molecule has 0 saturated carbocycles. The van der Waals surface area contributed by atoms with Gasteiger partial charge in [0.05, 0.1) is 12.3 Å². The normalized spacial score (nSPS) is 10.5. The van der Waals surface area contributed by atoms with Gasteiger partial charge < -0.3 is 15.2 Å². The number of anilines is 1. The standard InChI is InChI=1S/C22H22IN5O2S/c1-3-12-28-19(13-24-21(30)16-6-4-15(2)5-7-16)26-27-22(28)31-14-20(29)25-18-10-8-17(23)9-11-18/h3-11H,1,12-14H2,2H3,(H,24,30)(H,25,29). The van der Waals surface area contributed by atoms with Crippen LogP contribution in [0.3, 0.4) is 0 Å². The van der Waals surface area contributed by atoms with Crippen molar-refractivity contribution >= 4 is 51.9 Å². The summed E-state index contributed by atoms with van der Waals surface area (Å²) < 4.78 is 2.94. The molecule has 31 heavy (non-hydrogen) atoms. The van der Waals surface area contributed by atoms with Crippen LogP contribution in [0.4, 0.5) is 5.69 Å². The van der Waals surface area contributed by atoms with Gasteiger partial charge >= 0.3 is 0 Å². The maximum atomic E-state index is 12.4. The van der Waals surface area contributed by atoms with Gasteiger partial charge in [-0.25, -0.2) is 0 Å². The van der Waals surface area contributed by atoms with Crippen molar-refractivity contribution in [3.05, 3.63) is 81.7 Å². The van der Waals surface area contributed by atoms with E-state index in [4.69, 9.17) is 0 Å². The Balaban J connectivity index is 1.59. The molecule has 9 heteroatoms. The number of aryl methyl sites for hydroxylation is 1. The number of allylic oxidation sites excluding steroid dienone is 1. The molecule has 0 aliphatic heterocycles. The van der Waals surface area contributed by atoms with E-state index in [1.165, 1.54) is 11.8 Å². The summed E-state index contributed by atoms with van der Waals surface area (Å²) in [7, 11) is 0. The van der Waals surface area contributed by atoms with Crippen molar-refractivity contribution in [1.29, 1.82) is 0 Å². The van der Waals surface area contributed by atoms with Crippen molar-refractivity contribution in [2.45, 2.75) is 25.2 Å². The molecule has 2 amide bonds. The van der Waals surface area contributed by atoms with E-state index < -0.39 is 0 Å². The van der Waals surface area contributed by atoms with Crippen molar-refractivity contribution in [3.8, 4) is 0 Å². The summed E-state index contributed by atoms with van der Waals surface area (Å²) in [5.74, 6) is 0.477. The number of carbonyl (C=O) groups is 2. The van der Waals surface area contributed by atoms with E-state index >= 15 is 0 Å².